The molecule has 25 heavy (non-hydrogen) atoms. The molecule has 0 radical (unpaired) electrons. The molecular formula is C19H24N4OS. The summed E-state index contributed by atoms with van der Waals surface area (Å²) in [5, 5.41) is 3.25. The van der Waals surface area contributed by atoms with E-state index in [9.17, 15) is 4.79 Å². The fourth-order valence-corrected chi connectivity index (χ4v) is 4.71. The van der Waals surface area contributed by atoms with Crippen LogP contribution in [0.15, 0.2) is 29.9 Å². The molecule has 0 N–H and O–H groups in total. The Morgan fingerprint density at radius 2 is 2.00 bits per heavy atom. The van der Waals surface area contributed by atoms with Gasteiger partial charge in [-0.2, -0.15) is 0 Å². The minimum Gasteiger partial charge on any atom is -0.339 e. The molecule has 0 bridgehead atoms. The van der Waals surface area contributed by atoms with Gasteiger partial charge in [-0.25, -0.2) is 4.98 Å². The molecule has 4 heterocycles. The molecule has 0 aliphatic carbocycles. The Labute approximate surface area is 152 Å². The van der Waals surface area contributed by atoms with Crippen LogP contribution in [0.4, 0.5) is 0 Å². The fourth-order valence-electron chi connectivity index (χ4n) is 4.05. The largest absolute Gasteiger partial charge is 0.339 e. The molecule has 0 aromatic carbocycles. The summed E-state index contributed by atoms with van der Waals surface area (Å²) in [5.74, 6) is 0.125. The van der Waals surface area contributed by atoms with Gasteiger partial charge in [-0.3, -0.25) is 14.7 Å². The van der Waals surface area contributed by atoms with Crippen LogP contribution in [-0.2, 0) is 6.54 Å². The minimum absolute atomic E-state index is 0.125. The van der Waals surface area contributed by atoms with Crippen molar-refractivity contribution in [2.45, 2.75) is 32.7 Å². The van der Waals surface area contributed by atoms with Crippen molar-refractivity contribution in [2.24, 2.45) is 5.41 Å². The molecular weight excluding hydrogens is 332 g/mol. The van der Waals surface area contributed by atoms with Gasteiger partial charge in [-0.1, -0.05) is 0 Å². The highest BCUT2D eigenvalue weighted by molar-refractivity contribution is 7.09. The van der Waals surface area contributed by atoms with Crippen LogP contribution in [0.1, 0.15) is 40.3 Å². The van der Waals surface area contributed by atoms with Crippen LogP contribution in [0.3, 0.4) is 0 Å². The molecule has 0 unspecified atom stereocenters. The predicted molar refractivity (Wildman–Crippen MR) is 98.6 cm³/mol. The first kappa shape index (κ1) is 16.7. The second-order valence-corrected chi connectivity index (χ2v) is 8.35. The van der Waals surface area contributed by atoms with Crippen molar-refractivity contribution in [1.29, 1.82) is 0 Å². The summed E-state index contributed by atoms with van der Waals surface area (Å²) in [5.41, 5.74) is 2.04. The van der Waals surface area contributed by atoms with E-state index in [1.807, 2.05) is 35.5 Å². The first-order valence-electron chi connectivity index (χ1n) is 8.96. The lowest BCUT2D eigenvalue weighted by molar-refractivity contribution is 0.0587. The van der Waals surface area contributed by atoms with Crippen LogP contribution >= 0.6 is 11.3 Å². The minimum atomic E-state index is 0.125. The number of hydrogen-bond acceptors (Lipinski definition) is 5. The Hall–Kier alpha value is -1.79. The number of pyridine rings is 1. The Kier molecular flexibility index (Phi) is 4.56. The van der Waals surface area contributed by atoms with E-state index in [0.29, 0.717) is 11.0 Å². The Morgan fingerprint density at radius 3 is 2.68 bits per heavy atom. The van der Waals surface area contributed by atoms with Crippen LogP contribution in [0, 0.1) is 12.3 Å². The third-order valence-corrected chi connectivity index (χ3v) is 6.39. The molecule has 2 fully saturated rings. The topological polar surface area (TPSA) is 49.3 Å². The zero-order valence-electron chi connectivity index (χ0n) is 14.6. The van der Waals surface area contributed by atoms with Crippen LogP contribution in [-0.4, -0.2) is 51.9 Å². The molecule has 2 aliphatic heterocycles. The average molecular weight is 356 g/mol. The molecule has 0 atom stereocenters. The van der Waals surface area contributed by atoms with Gasteiger partial charge >= 0.3 is 0 Å². The molecule has 2 aromatic heterocycles. The lowest BCUT2D eigenvalue weighted by Gasteiger charge is -2.39. The van der Waals surface area contributed by atoms with E-state index >= 15 is 0 Å². The monoisotopic (exact) mass is 356 g/mol. The number of aryl methyl sites for hydroxylation is 1. The lowest BCUT2D eigenvalue weighted by Crippen LogP contribution is -2.44. The maximum Gasteiger partial charge on any atom is 0.255 e. The summed E-state index contributed by atoms with van der Waals surface area (Å²) in [6.07, 6.45) is 7.04. The van der Waals surface area contributed by atoms with Crippen molar-refractivity contribution >= 4 is 17.2 Å². The molecule has 1 spiro atoms. The van der Waals surface area contributed by atoms with E-state index in [2.05, 4.69) is 14.9 Å². The number of aromatic nitrogens is 2. The highest BCUT2D eigenvalue weighted by Gasteiger charge is 2.41. The van der Waals surface area contributed by atoms with Crippen molar-refractivity contribution in [3.8, 4) is 0 Å². The molecule has 0 saturated carbocycles. The third-order valence-electron chi connectivity index (χ3n) is 5.63. The quantitative estimate of drug-likeness (QED) is 0.848. The standard InChI is InChI=1S/C19H24N4OS/c1-15-2-3-16(12-21-15)18(24)23-9-5-19(6-10-23)4-8-22(14-19)13-17-20-7-11-25-17/h2-3,7,11-12H,4-6,8-10,13-14H2,1H3. The molecule has 2 aliphatic rings. The number of nitrogens with zero attached hydrogens (tertiary/aromatic N) is 4. The molecule has 6 heteroatoms. The van der Waals surface area contributed by atoms with Crippen LogP contribution < -0.4 is 0 Å². The van der Waals surface area contributed by atoms with Crippen LogP contribution in [0.25, 0.3) is 0 Å². The number of carbonyl (C=O) groups is 1. The second kappa shape index (κ2) is 6.84. The summed E-state index contributed by atoms with van der Waals surface area (Å²) in [7, 11) is 0. The number of likely N-dealkylation sites (tertiary alicyclic amines) is 2. The number of thiazole rings is 1. The van der Waals surface area contributed by atoms with Gasteiger partial charge < -0.3 is 4.90 Å². The van der Waals surface area contributed by atoms with Gasteiger partial charge in [0.05, 0.1) is 12.1 Å². The van der Waals surface area contributed by atoms with E-state index in [0.717, 1.165) is 51.3 Å². The molecule has 2 aromatic rings. The van der Waals surface area contributed by atoms with Crippen molar-refractivity contribution < 1.29 is 4.79 Å². The second-order valence-electron chi connectivity index (χ2n) is 7.37. The van der Waals surface area contributed by atoms with Crippen LogP contribution in [0.5, 0.6) is 0 Å². The van der Waals surface area contributed by atoms with Gasteiger partial charge in [0.2, 0.25) is 0 Å². The molecule has 1 amide bonds. The van der Waals surface area contributed by atoms with E-state index < -0.39 is 0 Å². The van der Waals surface area contributed by atoms with Gasteiger partial charge in [-0.05, 0) is 50.3 Å². The van der Waals surface area contributed by atoms with Crippen molar-refractivity contribution in [3.63, 3.8) is 0 Å². The van der Waals surface area contributed by atoms with Gasteiger partial charge in [-0.15, -0.1) is 11.3 Å². The maximum absolute atomic E-state index is 12.7. The first-order chi connectivity index (χ1) is 12.1. The Bertz CT molecular complexity index is 720. The number of rotatable bonds is 3. The zero-order chi connectivity index (χ0) is 17.3. The van der Waals surface area contributed by atoms with Crippen molar-refractivity contribution in [2.75, 3.05) is 26.2 Å². The van der Waals surface area contributed by atoms with E-state index in [-0.39, 0.29) is 5.91 Å². The average Bonchev–Trinajstić information content (AvgIpc) is 3.27. The Morgan fingerprint density at radius 1 is 1.20 bits per heavy atom. The van der Waals surface area contributed by atoms with Gasteiger partial charge in [0.25, 0.3) is 5.91 Å². The Balaban J connectivity index is 1.33. The normalized spacial score (nSPS) is 20.3. The van der Waals surface area contributed by atoms with E-state index in [1.165, 1.54) is 11.4 Å². The summed E-state index contributed by atoms with van der Waals surface area (Å²) < 4.78 is 0. The van der Waals surface area contributed by atoms with Crippen molar-refractivity contribution in [3.05, 3.63) is 46.2 Å². The maximum atomic E-state index is 12.7. The third kappa shape index (κ3) is 3.60. The molecule has 132 valence electrons. The molecule has 2 saturated heterocycles. The summed E-state index contributed by atoms with van der Waals surface area (Å²) in [6.45, 7) is 6.92. The van der Waals surface area contributed by atoms with E-state index in [4.69, 9.17) is 0 Å². The highest BCUT2D eigenvalue weighted by atomic mass is 32.1. The smallest absolute Gasteiger partial charge is 0.255 e. The highest BCUT2D eigenvalue weighted by Crippen LogP contribution is 2.41. The SMILES string of the molecule is Cc1ccc(C(=O)N2CCC3(CCN(Cc4nccs4)C3)CC2)cn1. The number of piperidine rings is 1. The molecule has 5 nitrogen and oxygen atoms in total. The summed E-state index contributed by atoms with van der Waals surface area (Å²) in [4.78, 5) is 25.8. The molecule has 4 rings (SSSR count). The van der Waals surface area contributed by atoms with Crippen LogP contribution in [0.2, 0.25) is 0 Å². The number of amides is 1. The predicted octanol–water partition coefficient (Wildman–Crippen LogP) is 2.97. The number of carbonyl (C=O) groups excluding carboxylic acids is 1. The summed E-state index contributed by atoms with van der Waals surface area (Å²) in [6, 6.07) is 3.80. The van der Waals surface area contributed by atoms with E-state index in [1.54, 1.807) is 17.5 Å². The number of hydrogen-bond donors (Lipinski definition) is 0. The summed E-state index contributed by atoms with van der Waals surface area (Å²) >= 11 is 1.74. The van der Waals surface area contributed by atoms with Crippen molar-refractivity contribution in [1.82, 2.24) is 19.8 Å². The zero-order valence-corrected chi connectivity index (χ0v) is 15.5. The lowest BCUT2D eigenvalue weighted by atomic mass is 9.77. The van der Waals surface area contributed by atoms with Gasteiger partial charge in [0, 0.05) is 43.1 Å². The first-order valence-corrected chi connectivity index (χ1v) is 9.84. The van der Waals surface area contributed by atoms with Gasteiger partial charge in [0.1, 0.15) is 5.01 Å². The van der Waals surface area contributed by atoms with Gasteiger partial charge in [0.15, 0.2) is 0 Å². The fraction of sp³-hybridized carbons (Fsp3) is 0.526.